The standard InChI is InChI=1S/C15H21F2N3O/c1-15(2,3)20-6-4-19(5-7-20)14(21)10-8-11(16)13(18)12(17)9-10/h8-9H,4-7,18H2,1-3H3. The van der Waals surface area contributed by atoms with Gasteiger partial charge in [-0.2, -0.15) is 0 Å². The van der Waals surface area contributed by atoms with Gasteiger partial charge in [-0.3, -0.25) is 9.69 Å². The van der Waals surface area contributed by atoms with E-state index in [2.05, 4.69) is 25.7 Å². The minimum atomic E-state index is -0.897. The van der Waals surface area contributed by atoms with Crippen molar-refractivity contribution in [2.24, 2.45) is 0 Å². The first-order chi connectivity index (χ1) is 9.70. The number of hydrogen-bond donors (Lipinski definition) is 1. The van der Waals surface area contributed by atoms with Crippen LogP contribution in [-0.4, -0.2) is 47.4 Å². The highest BCUT2D eigenvalue weighted by Crippen LogP contribution is 2.20. The molecule has 1 saturated heterocycles. The maximum Gasteiger partial charge on any atom is 0.254 e. The number of nitrogens with two attached hydrogens (primary N) is 1. The molecule has 1 aromatic carbocycles. The van der Waals surface area contributed by atoms with Crippen molar-refractivity contribution in [3.63, 3.8) is 0 Å². The summed E-state index contributed by atoms with van der Waals surface area (Å²) in [4.78, 5) is 16.2. The number of halogens is 2. The summed E-state index contributed by atoms with van der Waals surface area (Å²) < 4.78 is 26.9. The molecular formula is C15H21F2N3O. The van der Waals surface area contributed by atoms with Crippen LogP contribution in [0, 0.1) is 11.6 Å². The maximum atomic E-state index is 13.4. The minimum absolute atomic E-state index is 0.00316. The van der Waals surface area contributed by atoms with Gasteiger partial charge in [-0.15, -0.1) is 0 Å². The number of rotatable bonds is 1. The lowest BCUT2D eigenvalue weighted by Crippen LogP contribution is -2.54. The number of amides is 1. The SMILES string of the molecule is CC(C)(C)N1CCN(C(=O)c2cc(F)c(N)c(F)c2)CC1. The van der Waals surface area contributed by atoms with E-state index in [-0.39, 0.29) is 17.0 Å². The zero-order chi connectivity index (χ0) is 15.8. The van der Waals surface area contributed by atoms with Crippen molar-refractivity contribution >= 4 is 11.6 Å². The highest BCUT2D eigenvalue weighted by atomic mass is 19.1. The van der Waals surface area contributed by atoms with Crippen LogP contribution in [0.1, 0.15) is 31.1 Å². The van der Waals surface area contributed by atoms with Gasteiger partial charge in [-0.1, -0.05) is 0 Å². The van der Waals surface area contributed by atoms with Crippen LogP contribution in [0.25, 0.3) is 0 Å². The Morgan fingerprint density at radius 1 is 1.10 bits per heavy atom. The normalized spacial score (nSPS) is 17.1. The van der Waals surface area contributed by atoms with Crippen LogP contribution in [0.4, 0.5) is 14.5 Å². The third-order valence-electron chi connectivity index (χ3n) is 3.84. The molecule has 4 nitrogen and oxygen atoms in total. The van der Waals surface area contributed by atoms with Crippen LogP contribution in [-0.2, 0) is 0 Å². The number of carbonyl (C=O) groups excluding carboxylic acids is 1. The number of nitrogens with zero attached hydrogens (tertiary/aromatic N) is 2. The topological polar surface area (TPSA) is 49.6 Å². The molecule has 0 aromatic heterocycles. The van der Waals surface area contributed by atoms with E-state index in [4.69, 9.17) is 5.73 Å². The largest absolute Gasteiger partial charge is 0.394 e. The fraction of sp³-hybridized carbons (Fsp3) is 0.533. The average Bonchev–Trinajstić information content (AvgIpc) is 2.42. The smallest absolute Gasteiger partial charge is 0.254 e. The van der Waals surface area contributed by atoms with Crippen molar-refractivity contribution in [1.82, 2.24) is 9.80 Å². The van der Waals surface area contributed by atoms with E-state index in [0.29, 0.717) is 13.1 Å². The monoisotopic (exact) mass is 297 g/mol. The van der Waals surface area contributed by atoms with Crippen molar-refractivity contribution in [1.29, 1.82) is 0 Å². The van der Waals surface area contributed by atoms with Crippen LogP contribution in [0.5, 0.6) is 0 Å². The van der Waals surface area contributed by atoms with Crippen LogP contribution in [0.3, 0.4) is 0 Å². The summed E-state index contributed by atoms with van der Waals surface area (Å²) in [6.45, 7) is 8.94. The van der Waals surface area contributed by atoms with Crippen molar-refractivity contribution in [2.75, 3.05) is 31.9 Å². The molecule has 0 spiro atoms. The zero-order valence-electron chi connectivity index (χ0n) is 12.6. The van der Waals surface area contributed by atoms with Gasteiger partial charge in [0.2, 0.25) is 0 Å². The molecule has 0 saturated carbocycles. The van der Waals surface area contributed by atoms with Crippen molar-refractivity contribution in [2.45, 2.75) is 26.3 Å². The summed E-state index contributed by atoms with van der Waals surface area (Å²) in [6, 6.07) is 1.99. The molecule has 1 fully saturated rings. The number of anilines is 1. The van der Waals surface area contributed by atoms with E-state index in [1.807, 2.05) is 0 Å². The van der Waals surface area contributed by atoms with Crippen LogP contribution in [0.2, 0.25) is 0 Å². The predicted molar refractivity (Wildman–Crippen MR) is 78.0 cm³/mol. The minimum Gasteiger partial charge on any atom is -0.394 e. The maximum absolute atomic E-state index is 13.4. The Morgan fingerprint density at radius 3 is 2.00 bits per heavy atom. The van der Waals surface area contributed by atoms with Gasteiger partial charge in [-0.05, 0) is 32.9 Å². The Hall–Kier alpha value is -1.69. The first kappa shape index (κ1) is 15.7. The van der Waals surface area contributed by atoms with Gasteiger partial charge < -0.3 is 10.6 Å². The Labute approximate surface area is 123 Å². The van der Waals surface area contributed by atoms with Crippen molar-refractivity contribution in [3.05, 3.63) is 29.3 Å². The van der Waals surface area contributed by atoms with Crippen LogP contribution >= 0.6 is 0 Å². The van der Waals surface area contributed by atoms with Gasteiger partial charge in [0.15, 0.2) is 0 Å². The fourth-order valence-corrected chi connectivity index (χ4v) is 2.47. The number of benzene rings is 1. The first-order valence-corrected chi connectivity index (χ1v) is 6.99. The Morgan fingerprint density at radius 2 is 1.57 bits per heavy atom. The Bertz CT molecular complexity index is 523. The highest BCUT2D eigenvalue weighted by molar-refractivity contribution is 5.94. The molecule has 1 heterocycles. The molecular weight excluding hydrogens is 276 g/mol. The van der Waals surface area contributed by atoms with Gasteiger partial charge >= 0.3 is 0 Å². The quantitative estimate of drug-likeness (QED) is 0.808. The summed E-state index contributed by atoms with van der Waals surface area (Å²) in [7, 11) is 0. The molecule has 6 heteroatoms. The summed E-state index contributed by atoms with van der Waals surface area (Å²) in [5, 5.41) is 0. The van der Waals surface area contributed by atoms with E-state index < -0.39 is 17.3 Å². The molecule has 2 N–H and O–H groups in total. The molecule has 0 aliphatic carbocycles. The zero-order valence-corrected chi connectivity index (χ0v) is 12.6. The van der Waals surface area contributed by atoms with E-state index in [0.717, 1.165) is 25.2 Å². The third-order valence-corrected chi connectivity index (χ3v) is 3.84. The van der Waals surface area contributed by atoms with E-state index in [1.165, 1.54) is 0 Å². The highest BCUT2D eigenvalue weighted by Gasteiger charge is 2.28. The second-order valence-corrected chi connectivity index (χ2v) is 6.30. The third kappa shape index (κ3) is 3.32. The molecule has 21 heavy (non-hydrogen) atoms. The average molecular weight is 297 g/mol. The van der Waals surface area contributed by atoms with Gasteiger partial charge in [0.1, 0.15) is 17.3 Å². The number of nitrogen functional groups attached to an aromatic ring is 1. The lowest BCUT2D eigenvalue weighted by Gasteiger charge is -2.42. The van der Waals surface area contributed by atoms with Gasteiger partial charge in [-0.25, -0.2) is 8.78 Å². The second-order valence-electron chi connectivity index (χ2n) is 6.30. The lowest BCUT2D eigenvalue weighted by atomic mass is 10.0. The lowest BCUT2D eigenvalue weighted by molar-refractivity contribution is 0.0450. The molecule has 1 aliphatic heterocycles. The van der Waals surface area contributed by atoms with Crippen molar-refractivity contribution < 1.29 is 13.6 Å². The summed E-state index contributed by atoms with van der Waals surface area (Å²) in [5.74, 6) is -2.15. The molecule has 0 atom stereocenters. The Kier molecular flexibility index (Phi) is 4.18. The summed E-state index contributed by atoms with van der Waals surface area (Å²) in [6.07, 6.45) is 0. The fourth-order valence-electron chi connectivity index (χ4n) is 2.47. The van der Waals surface area contributed by atoms with Crippen molar-refractivity contribution in [3.8, 4) is 0 Å². The molecule has 1 aliphatic rings. The molecule has 1 amide bonds. The van der Waals surface area contributed by atoms with E-state index in [1.54, 1.807) is 4.90 Å². The first-order valence-electron chi connectivity index (χ1n) is 6.99. The second kappa shape index (κ2) is 5.60. The molecule has 1 aromatic rings. The van der Waals surface area contributed by atoms with Gasteiger partial charge in [0.25, 0.3) is 5.91 Å². The molecule has 0 radical (unpaired) electrons. The number of piperazine rings is 1. The van der Waals surface area contributed by atoms with Crippen LogP contribution in [0.15, 0.2) is 12.1 Å². The Balaban J connectivity index is 2.09. The number of hydrogen-bond acceptors (Lipinski definition) is 3. The van der Waals surface area contributed by atoms with E-state index >= 15 is 0 Å². The molecule has 2 rings (SSSR count). The van der Waals surface area contributed by atoms with Gasteiger partial charge in [0.05, 0.1) is 0 Å². The molecule has 116 valence electrons. The van der Waals surface area contributed by atoms with E-state index in [9.17, 15) is 13.6 Å². The molecule has 0 unspecified atom stereocenters. The van der Waals surface area contributed by atoms with Gasteiger partial charge in [0, 0.05) is 37.3 Å². The summed E-state index contributed by atoms with van der Waals surface area (Å²) in [5.41, 5.74) is 4.72. The predicted octanol–water partition coefficient (Wildman–Crippen LogP) is 2.10. The summed E-state index contributed by atoms with van der Waals surface area (Å²) >= 11 is 0. The molecule has 0 bridgehead atoms. The number of carbonyl (C=O) groups is 1. The van der Waals surface area contributed by atoms with Crippen LogP contribution < -0.4 is 5.73 Å².